The molecule has 2 aliphatic carbocycles. The van der Waals surface area contributed by atoms with E-state index in [-0.39, 0.29) is 0 Å². The van der Waals surface area contributed by atoms with Crippen LogP contribution in [0, 0.1) is 16.7 Å². The lowest BCUT2D eigenvalue weighted by Gasteiger charge is -2.39. The van der Waals surface area contributed by atoms with Crippen molar-refractivity contribution in [3.63, 3.8) is 0 Å². The Hall–Kier alpha value is -0.243. The summed E-state index contributed by atoms with van der Waals surface area (Å²) < 4.78 is 6.27. The Balaban J connectivity index is 2.28. The van der Waals surface area contributed by atoms with Crippen LogP contribution < -0.4 is 0 Å². The number of hydrogen-bond acceptors (Lipinski definition) is 1. The maximum Gasteiger partial charge on any atom is 0.241 e. The molecule has 0 N–H and O–H groups in total. The lowest BCUT2D eigenvalue weighted by atomic mass is 9.70. The van der Waals surface area contributed by atoms with Crippen LogP contribution in [0.15, 0.2) is 11.8 Å². The van der Waals surface area contributed by atoms with Gasteiger partial charge in [-0.2, -0.15) is 0 Å². The predicted octanol–water partition coefficient (Wildman–Crippen LogP) is 4.18. The largest absolute Gasteiger partial charge is 0.547 e. The third-order valence-electron chi connectivity index (χ3n) is 4.62. The quantitative estimate of drug-likeness (QED) is 0.639. The van der Waals surface area contributed by atoms with Gasteiger partial charge in [0.25, 0.3) is 0 Å². The zero-order valence-corrected chi connectivity index (χ0v) is 12.0. The van der Waals surface area contributed by atoms with Crippen molar-refractivity contribution in [1.29, 1.82) is 0 Å². The summed E-state index contributed by atoms with van der Waals surface area (Å²) in [6, 6.07) is 0. The fraction of sp³-hybridized carbons (Fsp3) is 0.846. The van der Waals surface area contributed by atoms with E-state index < -0.39 is 8.32 Å². The number of fused-ring (bicyclic) bond motifs is 2. The average molecular weight is 224 g/mol. The Labute approximate surface area is 95.0 Å². The first kappa shape index (κ1) is 11.2. The van der Waals surface area contributed by atoms with Crippen molar-refractivity contribution >= 4 is 8.32 Å². The summed E-state index contributed by atoms with van der Waals surface area (Å²) in [6.07, 6.45) is 5.07. The second-order valence-corrected chi connectivity index (χ2v) is 11.4. The van der Waals surface area contributed by atoms with Crippen LogP contribution >= 0.6 is 0 Å². The van der Waals surface area contributed by atoms with Crippen molar-refractivity contribution < 1.29 is 4.43 Å². The monoisotopic (exact) mass is 224 g/mol. The SMILES string of the molecule is CC12CCC(C=C1O[Si](C)(C)C)C2(C)C. The minimum atomic E-state index is -1.44. The van der Waals surface area contributed by atoms with Crippen LogP contribution in [0.5, 0.6) is 0 Å². The molecule has 0 aromatic carbocycles. The van der Waals surface area contributed by atoms with Crippen molar-refractivity contribution in [3.05, 3.63) is 11.8 Å². The Morgan fingerprint density at radius 2 is 1.87 bits per heavy atom. The Morgan fingerprint density at radius 1 is 1.27 bits per heavy atom. The molecule has 2 heteroatoms. The molecule has 2 rings (SSSR count). The van der Waals surface area contributed by atoms with Crippen LogP contribution in [0.2, 0.25) is 19.6 Å². The van der Waals surface area contributed by atoms with Gasteiger partial charge in [-0.05, 0) is 49.9 Å². The smallest absolute Gasteiger partial charge is 0.241 e. The second kappa shape index (κ2) is 2.91. The molecule has 1 nitrogen and oxygen atoms in total. The first-order chi connectivity index (χ1) is 6.67. The summed E-state index contributed by atoms with van der Waals surface area (Å²) in [5.74, 6) is 2.05. The van der Waals surface area contributed by atoms with E-state index in [0.29, 0.717) is 10.8 Å². The van der Waals surface area contributed by atoms with Crippen molar-refractivity contribution in [3.8, 4) is 0 Å². The van der Waals surface area contributed by atoms with Crippen LogP contribution in [0.3, 0.4) is 0 Å². The average Bonchev–Trinajstić information content (AvgIpc) is 2.34. The molecule has 0 amide bonds. The van der Waals surface area contributed by atoms with Crippen LogP contribution in [0.25, 0.3) is 0 Å². The Bertz CT molecular complexity index is 311. The first-order valence-corrected chi connectivity index (χ1v) is 9.49. The molecular weight excluding hydrogens is 200 g/mol. The van der Waals surface area contributed by atoms with Gasteiger partial charge in [0, 0.05) is 5.41 Å². The molecule has 86 valence electrons. The van der Waals surface area contributed by atoms with Gasteiger partial charge >= 0.3 is 0 Å². The van der Waals surface area contributed by atoms with E-state index in [1.165, 1.54) is 18.6 Å². The molecule has 0 heterocycles. The number of rotatable bonds is 2. The van der Waals surface area contributed by atoms with Gasteiger partial charge in [0.15, 0.2) is 0 Å². The van der Waals surface area contributed by atoms with Gasteiger partial charge in [-0.25, -0.2) is 0 Å². The van der Waals surface area contributed by atoms with E-state index >= 15 is 0 Å². The fourth-order valence-corrected chi connectivity index (χ4v) is 4.06. The maximum atomic E-state index is 6.27. The van der Waals surface area contributed by atoms with Crippen LogP contribution in [0.1, 0.15) is 33.6 Å². The van der Waals surface area contributed by atoms with Crippen LogP contribution in [0.4, 0.5) is 0 Å². The Kier molecular flexibility index (Phi) is 2.18. The summed E-state index contributed by atoms with van der Waals surface area (Å²) in [5.41, 5.74) is 0.708. The molecular formula is C13H24OSi. The summed E-state index contributed by atoms with van der Waals surface area (Å²) in [6.45, 7) is 14.0. The lowest BCUT2D eigenvalue weighted by molar-refractivity contribution is 0.128. The summed E-state index contributed by atoms with van der Waals surface area (Å²) in [7, 11) is -1.44. The highest BCUT2D eigenvalue weighted by Gasteiger charge is 2.58. The second-order valence-electron chi connectivity index (χ2n) is 6.94. The minimum absolute atomic E-state index is 0.304. The molecule has 1 fully saturated rings. The van der Waals surface area contributed by atoms with Gasteiger partial charge in [-0.3, -0.25) is 0 Å². The highest BCUT2D eigenvalue weighted by molar-refractivity contribution is 6.70. The van der Waals surface area contributed by atoms with Gasteiger partial charge in [0.05, 0.1) is 5.76 Å². The third-order valence-corrected chi connectivity index (χ3v) is 5.45. The predicted molar refractivity (Wildman–Crippen MR) is 67.1 cm³/mol. The highest BCUT2D eigenvalue weighted by atomic mass is 28.4. The maximum absolute atomic E-state index is 6.27. The molecule has 2 aliphatic rings. The van der Waals surface area contributed by atoms with Crippen LogP contribution in [-0.4, -0.2) is 8.32 Å². The fourth-order valence-electron chi connectivity index (χ4n) is 3.11. The van der Waals surface area contributed by atoms with Gasteiger partial charge < -0.3 is 4.43 Å². The zero-order chi connectivity index (χ0) is 11.5. The molecule has 2 unspecified atom stereocenters. The minimum Gasteiger partial charge on any atom is -0.547 e. The first-order valence-electron chi connectivity index (χ1n) is 6.08. The van der Waals surface area contributed by atoms with Gasteiger partial charge in [-0.1, -0.05) is 20.8 Å². The molecule has 1 saturated carbocycles. The van der Waals surface area contributed by atoms with Crippen molar-refractivity contribution in [2.45, 2.75) is 53.3 Å². The Morgan fingerprint density at radius 3 is 2.20 bits per heavy atom. The van der Waals surface area contributed by atoms with Gasteiger partial charge in [0.1, 0.15) is 0 Å². The van der Waals surface area contributed by atoms with Crippen LogP contribution in [-0.2, 0) is 4.43 Å². The molecule has 0 radical (unpaired) electrons. The molecule has 0 spiro atoms. The van der Waals surface area contributed by atoms with Crippen molar-refractivity contribution in [2.75, 3.05) is 0 Å². The topological polar surface area (TPSA) is 9.23 Å². The van der Waals surface area contributed by atoms with Crippen molar-refractivity contribution in [1.82, 2.24) is 0 Å². The van der Waals surface area contributed by atoms with Gasteiger partial charge in [0.2, 0.25) is 8.32 Å². The lowest BCUT2D eigenvalue weighted by Crippen LogP contribution is -2.35. The molecule has 0 aromatic rings. The summed E-state index contributed by atoms with van der Waals surface area (Å²) >= 11 is 0. The normalized spacial score (nSPS) is 38.0. The molecule has 0 aliphatic heterocycles. The van der Waals surface area contributed by atoms with E-state index in [4.69, 9.17) is 4.43 Å². The molecule has 0 saturated heterocycles. The van der Waals surface area contributed by atoms with E-state index in [0.717, 1.165) is 5.92 Å². The van der Waals surface area contributed by atoms with E-state index in [2.05, 4.69) is 46.5 Å². The molecule has 0 aromatic heterocycles. The zero-order valence-electron chi connectivity index (χ0n) is 11.0. The van der Waals surface area contributed by atoms with Crippen molar-refractivity contribution in [2.24, 2.45) is 16.7 Å². The number of allylic oxidation sites excluding steroid dienone is 2. The van der Waals surface area contributed by atoms with E-state index in [1.807, 2.05) is 0 Å². The van der Waals surface area contributed by atoms with Gasteiger partial charge in [-0.15, -0.1) is 0 Å². The van der Waals surface area contributed by atoms with E-state index in [1.54, 1.807) is 0 Å². The third kappa shape index (κ3) is 1.49. The molecule has 15 heavy (non-hydrogen) atoms. The standard InChI is InChI=1S/C13H24OSi/c1-12(2)10-7-8-13(12,3)11(9-10)14-15(4,5)6/h9-10H,7-8H2,1-6H3. The molecule has 2 bridgehead atoms. The highest BCUT2D eigenvalue weighted by Crippen LogP contribution is 2.65. The number of hydrogen-bond donors (Lipinski definition) is 0. The summed E-state index contributed by atoms with van der Waals surface area (Å²) in [5, 5.41) is 0. The molecule has 2 atom stereocenters. The summed E-state index contributed by atoms with van der Waals surface area (Å²) in [4.78, 5) is 0. The van der Waals surface area contributed by atoms with E-state index in [9.17, 15) is 0 Å².